The van der Waals surface area contributed by atoms with E-state index in [9.17, 15) is 4.79 Å². The quantitative estimate of drug-likeness (QED) is 0.666. The second-order valence-electron chi connectivity index (χ2n) is 7.28. The third-order valence-corrected chi connectivity index (χ3v) is 5.28. The monoisotopic (exact) mass is 394 g/mol. The van der Waals surface area contributed by atoms with Gasteiger partial charge in [0.1, 0.15) is 0 Å². The zero-order chi connectivity index (χ0) is 20.4. The number of carbonyl (C=O) groups is 1. The first-order valence-corrected chi connectivity index (χ1v) is 10.0. The maximum Gasteiger partial charge on any atom is 0.260 e. The number of pyridine rings is 1. The van der Waals surface area contributed by atoms with Crippen molar-refractivity contribution in [3.63, 3.8) is 0 Å². The molecule has 1 aromatic carbocycles. The lowest BCUT2D eigenvalue weighted by Crippen LogP contribution is -2.43. The Balaban J connectivity index is 1.61. The number of benzene rings is 1. The SMILES string of the molecule is CCc1ccc(-n2nc(C)c3c(C)cc(OCC(=O)N4CCOCC4)nc32)cc1. The Hall–Kier alpha value is -2.93. The zero-order valence-corrected chi connectivity index (χ0v) is 17.1. The van der Waals surface area contributed by atoms with Crippen LogP contribution in [-0.4, -0.2) is 58.5 Å². The molecule has 152 valence electrons. The Morgan fingerprint density at radius 3 is 2.59 bits per heavy atom. The molecule has 1 aliphatic heterocycles. The van der Waals surface area contributed by atoms with Crippen LogP contribution in [0.1, 0.15) is 23.7 Å². The maximum atomic E-state index is 12.4. The van der Waals surface area contributed by atoms with Gasteiger partial charge < -0.3 is 14.4 Å². The number of aryl methyl sites for hydroxylation is 3. The second-order valence-corrected chi connectivity index (χ2v) is 7.28. The Kier molecular flexibility index (Phi) is 5.49. The van der Waals surface area contributed by atoms with Crippen molar-refractivity contribution in [1.29, 1.82) is 0 Å². The summed E-state index contributed by atoms with van der Waals surface area (Å²) in [5, 5.41) is 5.71. The van der Waals surface area contributed by atoms with Gasteiger partial charge in [-0.05, 0) is 43.5 Å². The van der Waals surface area contributed by atoms with Gasteiger partial charge in [-0.3, -0.25) is 4.79 Å². The van der Waals surface area contributed by atoms with Crippen molar-refractivity contribution in [3.05, 3.63) is 47.2 Å². The Bertz CT molecular complexity index is 1020. The topological polar surface area (TPSA) is 69.5 Å². The van der Waals surface area contributed by atoms with Crippen molar-refractivity contribution in [3.8, 4) is 11.6 Å². The molecular weight excluding hydrogens is 368 g/mol. The van der Waals surface area contributed by atoms with Gasteiger partial charge in [0.2, 0.25) is 5.88 Å². The average molecular weight is 394 g/mol. The van der Waals surface area contributed by atoms with E-state index in [1.54, 1.807) is 4.90 Å². The van der Waals surface area contributed by atoms with Gasteiger partial charge in [0, 0.05) is 24.5 Å². The molecule has 29 heavy (non-hydrogen) atoms. The van der Waals surface area contributed by atoms with Gasteiger partial charge in [-0.1, -0.05) is 19.1 Å². The number of ether oxygens (including phenoxy) is 2. The Morgan fingerprint density at radius 2 is 1.90 bits per heavy atom. The molecule has 7 heteroatoms. The summed E-state index contributed by atoms with van der Waals surface area (Å²) in [7, 11) is 0. The minimum atomic E-state index is -0.0484. The summed E-state index contributed by atoms with van der Waals surface area (Å²) < 4.78 is 12.9. The molecule has 2 aromatic heterocycles. The Morgan fingerprint density at radius 1 is 1.17 bits per heavy atom. The predicted octanol–water partition coefficient (Wildman–Crippen LogP) is 2.84. The van der Waals surface area contributed by atoms with Gasteiger partial charge >= 0.3 is 0 Å². The van der Waals surface area contributed by atoms with Crippen molar-refractivity contribution in [1.82, 2.24) is 19.7 Å². The van der Waals surface area contributed by atoms with E-state index in [4.69, 9.17) is 14.6 Å². The highest BCUT2D eigenvalue weighted by Gasteiger charge is 2.19. The van der Waals surface area contributed by atoms with Gasteiger partial charge in [-0.2, -0.15) is 10.1 Å². The number of hydrogen-bond acceptors (Lipinski definition) is 5. The molecule has 0 radical (unpaired) electrons. The average Bonchev–Trinajstić information content (AvgIpc) is 3.09. The summed E-state index contributed by atoms with van der Waals surface area (Å²) >= 11 is 0. The zero-order valence-electron chi connectivity index (χ0n) is 17.1. The van der Waals surface area contributed by atoms with Crippen LogP contribution < -0.4 is 4.74 Å². The van der Waals surface area contributed by atoms with E-state index in [2.05, 4.69) is 36.2 Å². The van der Waals surface area contributed by atoms with Crippen LogP contribution in [0.25, 0.3) is 16.7 Å². The summed E-state index contributed by atoms with van der Waals surface area (Å²) in [4.78, 5) is 18.8. The number of morpholine rings is 1. The number of carbonyl (C=O) groups excluding carboxylic acids is 1. The van der Waals surface area contributed by atoms with Crippen LogP contribution in [0.4, 0.5) is 0 Å². The molecular formula is C22H26N4O3. The highest BCUT2D eigenvalue weighted by atomic mass is 16.5. The molecule has 0 saturated carbocycles. The number of aromatic nitrogens is 3. The predicted molar refractivity (Wildman–Crippen MR) is 111 cm³/mol. The van der Waals surface area contributed by atoms with Crippen molar-refractivity contribution >= 4 is 16.9 Å². The Labute approximate surface area is 170 Å². The fourth-order valence-corrected chi connectivity index (χ4v) is 3.64. The third kappa shape index (κ3) is 3.96. The van der Waals surface area contributed by atoms with E-state index in [0.29, 0.717) is 32.2 Å². The molecule has 1 fully saturated rings. The van der Waals surface area contributed by atoms with Gasteiger partial charge in [-0.25, -0.2) is 4.68 Å². The summed E-state index contributed by atoms with van der Waals surface area (Å²) in [6, 6.07) is 10.2. The molecule has 1 saturated heterocycles. The van der Waals surface area contributed by atoms with Crippen LogP contribution in [-0.2, 0) is 16.0 Å². The molecule has 1 amide bonds. The van der Waals surface area contributed by atoms with Crippen LogP contribution in [0.2, 0.25) is 0 Å². The first kappa shape index (κ1) is 19.4. The largest absolute Gasteiger partial charge is 0.467 e. The summed E-state index contributed by atoms with van der Waals surface area (Å²) in [6.45, 7) is 8.46. The van der Waals surface area contributed by atoms with Crippen LogP contribution in [0, 0.1) is 13.8 Å². The van der Waals surface area contributed by atoms with Crippen molar-refractivity contribution in [2.75, 3.05) is 32.9 Å². The highest BCUT2D eigenvalue weighted by Crippen LogP contribution is 2.27. The molecule has 1 aliphatic rings. The number of fused-ring (bicyclic) bond motifs is 1. The van der Waals surface area contributed by atoms with Crippen LogP contribution in [0.3, 0.4) is 0 Å². The molecule has 0 N–H and O–H groups in total. The smallest absolute Gasteiger partial charge is 0.260 e. The number of amides is 1. The van der Waals surface area contributed by atoms with Crippen molar-refractivity contribution < 1.29 is 14.3 Å². The van der Waals surface area contributed by atoms with E-state index in [1.165, 1.54) is 5.56 Å². The summed E-state index contributed by atoms with van der Waals surface area (Å²) in [5.41, 5.74) is 4.91. The minimum Gasteiger partial charge on any atom is -0.467 e. The molecule has 0 bridgehead atoms. The van der Waals surface area contributed by atoms with Gasteiger partial charge in [0.05, 0.1) is 24.6 Å². The fourth-order valence-electron chi connectivity index (χ4n) is 3.64. The molecule has 4 rings (SSSR count). The first-order valence-electron chi connectivity index (χ1n) is 10.0. The maximum absolute atomic E-state index is 12.4. The normalized spacial score (nSPS) is 14.4. The molecule has 7 nitrogen and oxygen atoms in total. The van der Waals surface area contributed by atoms with Crippen LogP contribution >= 0.6 is 0 Å². The van der Waals surface area contributed by atoms with Gasteiger partial charge in [-0.15, -0.1) is 0 Å². The van der Waals surface area contributed by atoms with Crippen molar-refractivity contribution in [2.45, 2.75) is 27.2 Å². The lowest BCUT2D eigenvalue weighted by molar-refractivity contribution is -0.137. The summed E-state index contributed by atoms with van der Waals surface area (Å²) in [5.74, 6) is 0.385. The minimum absolute atomic E-state index is 0.0315. The summed E-state index contributed by atoms with van der Waals surface area (Å²) in [6.07, 6.45) is 0.992. The van der Waals surface area contributed by atoms with E-state index < -0.39 is 0 Å². The molecule has 0 aliphatic carbocycles. The van der Waals surface area contributed by atoms with E-state index in [1.807, 2.05) is 24.6 Å². The number of rotatable bonds is 5. The first-order chi connectivity index (χ1) is 14.1. The van der Waals surface area contributed by atoms with Gasteiger partial charge in [0.15, 0.2) is 12.3 Å². The molecule has 0 atom stereocenters. The molecule has 0 spiro atoms. The van der Waals surface area contributed by atoms with Crippen molar-refractivity contribution in [2.24, 2.45) is 0 Å². The lowest BCUT2D eigenvalue weighted by atomic mass is 10.1. The lowest BCUT2D eigenvalue weighted by Gasteiger charge is -2.26. The third-order valence-electron chi connectivity index (χ3n) is 5.28. The van der Waals surface area contributed by atoms with E-state index >= 15 is 0 Å². The number of nitrogens with zero attached hydrogens (tertiary/aromatic N) is 4. The highest BCUT2D eigenvalue weighted by molar-refractivity contribution is 5.84. The second kappa shape index (κ2) is 8.21. The van der Waals surface area contributed by atoms with E-state index in [-0.39, 0.29) is 12.5 Å². The van der Waals surface area contributed by atoms with Crippen LogP contribution in [0.5, 0.6) is 5.88 Å². The van der Waals surface area contributed by atoms with Crippen LogP contribution in [0.15, 0.2) is 30.3 Å². The standard InChI is InChI=1S/C22H26N4O3/c1-4-17-5-7-18(8-6-17)26-22-21(16(3)24-26)15(2)13-19(23-22)29-14-20(27)25-9-11-28-12-10-25/h5-8,13H,4,9-12,14H2,1-3H3. The number of hydrogen-bond donors (Lipinski definition) is 0. The fraction of sp³-hybridized carbons (Fsp3) is 0.409. The molecule has 0 unspecified atom stereocenters. The molecule has 3 aromatic rings. The van der Waals surface area contributed by atoms with Gasteiger partial charge in [0.25, 0.3) is 5.91 Å². The molecule has 3 heterocycles. The van der Waals surface area contributed by atoms with E-state index in [0.717, 1.165) is 34.4 Å².